The van der Waals surface area contributed by atoms with E-state index >= 15 is 0 Å². The van der Waals surface area contributed by atoms with Crippen LogP contribution in [0.25, 0.3) is 0 Å². The Morgan fingerprint density at radius 3 is 1.00 bits per heavy atom. The summed E-state index contributed by atoms with van der Waals surface area (Å²) in [6, 6.07) is 0. The summed E-state index contributed by atoms with van der Waals surface area (Å²) in [6.07, 6.45) is 0. The van der Waals surface area contributed by atoms with Gasteiger partial charge < -0.3 is 10.4 Å². The molecule has 8 nitrogen and oxygen atoms in total. The van der Waals surface area contributed by atoms with Crippen LogP contribution in [0, 0.1) is 20.2 Å². The van der Waals surface area contributed by atoms with Crippen LogP contribution in [0.1, 0.15) is 0 Å². The van der Waals surface area contributed by atoms with Gasteiger partial charge in [0.15, 0.2) is 0 Å². The summed E-state index contributed by atoms with van der Waals surface area (Å²) in [7, 11) is 0. The summed E-state index contributed by atoms with van der Waals surface area (Å²) >= 11 is 0. The van der Waals surface area contributed by atoms with E-state index in [1.165, 1.54) is 0 Å². The van der Waals surface area contributed by atoms with Crippen molar-refractivity contribution in [3.05, 3.63) is 20.2 Å². The minimum absolute atomic E-state index is 0. The van der Waals surface area contributed by atoms with Gasteiger partial charge in [-0.3, -0.25) is 0 Å². The van der Waals surface area contributed by atoms with Gasteiger partial charge in [-0.15, -0.1) is 20.2 Å². The molecule has 2 N–H and O–H groups in total. The normalized spacial score (nSPS) is 5.33. The van der Waals surface area contributed by atoms with E-state index < -0.39 is 10.2 Å². The predicted molar refractivity (Wildman–Crippen MR) is 23.3 cm³/mol. The second-order valence-electron chi connectivity index (χ2n) is 0.476. The van der Waals surface area contributed by atoms with Crippen molar-refractivity contribution in [2.45, 2.75) is 0 Å². The number of hydrogen-bond donors (Lipinski definition) is 2. The van der Waals surface area contributed by atoms with Crippen LogP contribution < -0.4 is 0 Å². The molecule has 48 valence electrons. The van der Waals surface area contributed by atoms with Gasteiger partial charge in [-0.1, -0.05) is 0 Å². The molecule has 9 heavy (non-hydrogen) atoms. The Morgan fingerprint density at radius 2 is 1.00 bits per heavy atom. The van der Waals surface area contributed by atoms with E-state index in [9.17, 15) is 0 Å². The van der Waals surface area contributed by atoms with Gasteiger partial charge in [-0.25, -0.2) is 0 Å². The SMILES string of the molecule is O=[N+]([O-])O.O=[N+]([O-])O.[Ba+2]. The van der Waals surface area contributed by atoms with Crippen molar-refractivity contribution < 1.29 is 20.6 Å². The van der Waals surface area contributed by atoms with E-state index in [-0.39, 0.29) is 48.9 Å². The minimum atomic E-state index is -1.50. The molecule has 0 radical (unpaired) electrons. The topological polar surface area (TPSA) is 127 Å². The van der Waals surface area contributed by atoms with E-state index in [2.05, 4.69) is 0 Å². The molecule has 0 rings (SSSR count). The first-order valence-electron chi connectivity index (χ1n) is 1.13. The van der Waals surface area contributed by atoms with Crippen LogP contribution >= 0.6 is 0 Å². The largest absolute Gasteiger partial charge is 2.00 e. The first-order chi connectivity index (χ1) is 3.46. The molecule has 0 saturated heterocycles. The Labute approximate surface area is 88.8 Å². The summed E-state index contributed by atoms with van der Waals surface area (Å²) < 4.78 is 0. The fourth-order valence-corrected chi connectivity index (χ4v) is 0. The smallest absolute Gasteiger partial charge is 0.328 e. The summed E-state index contributed by atoms with van der Waals surface area (Å²) in [5.41, 5.74) is 0. The third kappa shape index (κ3) is 348000. The van der Waals surface area contributed by atoms with Crippen LogP contribution in [0.15, 0.2) is 0 Å². The fourth-order valence-electron chi connectivity index (χ4n) is 0. The average molecular weight is 263 g/mol. The molecule has 0 fully saturated rings. The maximum atomic E-state index is 8.36. The van der Waals surface area contributed by atoms with Gasteiger partial charge in [0.25, 0.3) is 10.2 Å². The van der Waals surface area contributed by atoms with Crippen LogP contribution in [0.4, 0.5) is 0 Å². The molecule has 0 spiro atoms. The molecular weight excluding hydrogens is 261 g/mol. The molecule has 0 aromatic carbocycles. The second-order valence-corrected chi connectivity index (χ2v) is 0.476. The summed E-state index contributed by atoms with van der Waals surface area (Å²) in [5, 5.41) is 27.3. The average Bonchev–Trinajstić information content (AvgIpc) is 1.25. The van der Waals surface area contributed by atoms with Gasteiger partial charge >= 0.3 is 48.9 Å². The van der Waals surface area contributed by atoms with Crippen molar-refractivity contribution in [3.63, 3.8) is 0 Å². The maximum Gasteiger partial charge on any atom is 2.00 e. The fraction of sp³-hybridized carbons (Fsp3) is 0. The Balaban J connectivity index is -0.0000000720. The van der Waals surface area contributed by atoms with Gasteiger partial charge in [0.1, 0.15) is 0 Å². The molecule has 0 aliphatic heterocycles. The Hall–Kier alpha value is -0.0286. The number of rotatable bonds is 0. The molecule has 0 heterocycles. The third-order valence-corrected chi connectivity index (χ3v) is 0. The molecule has 0 amide bonds. The van der Waals surface area contributed by atoms with Crippen LogP contribution in [-0.2, 0) is 0 Å². The molecule has 0 saturated carbocycles. The number of hydrogen-bond acceptors (Lipinski definition) is 4. The first-order valence-corrected chi connectivity index (χ1v) is 1.13. The van der Waals surface area contributed by atoms with E-state index in [4.69, 9.17) is 30.6 Å². The van der Waals surface area contributed by atoms with Gasteiger partial charge in [0, 0.05) is 0 Å². The molecular formula is H2BaN2O6+2. The Morgan fingerprint density at radius 1 is 1.00 bits per heavy atom. The van der Waals surface area contributed by atoms with E-state index in [0.717, 1.165) is 0 Å². The summed E-state index contributed by atoms with van der Waals surface area (Å²) in [6.45, 7) is 0. The van der Waals surface area contributed by atoms with Crippen molar-refractivity contribution in [2.75, 3.05) is 0 Å². The van der Waals surface area contributed by atoms with Crippen LogP contribution in [0.3, 0.4) is 0 Å². The van der Waals surface area contributed by atoms with Crippen molar-refractivity contribution in [1.82, 2.24) is 0 Å². The van der Waals surface area contributed by atoms with Gasteiger partial charge in [-0.2, -0.15) is 0 Å². The maximum absolute atomic E-state index is 8.36. The first kappa shape index (κ1) is 16.0. The molecule has 0 atom stereocenters. The summed E-state index contributed by atoms with van der Waals surface area (Å²) in [4.78, 5) is 16.7. The molecule has 0 aromatic rings. The standard InChI is InChI=1S/Ba.2HNO3/c;2*2-1(3)4/h;2*(H,2,3,4)/q+2;;. The van der Waals surface area contributed by atoms with E-state index in [1.807, 2.05) is 0 Å². The molecule has 0 unspecified atom stereocenters. The number of nitrogens with zero attached hydrogens (tertiary/aromatic N) is 2. The van der Waals surface area contributed by atoms with Gasteiger partial charge in [0.05, 0.1) is 0 Å². The molecule has 0 bridgehead atoms. The van der Waals surface area contributed by atoms with Crippen molar-refractivity contribution >= 4 is 48.9 Å². The van der Waals surface area contributed by atoms with Crippen LogP contribution in [-0.4, -0.2) is 69.5 Å². The second kappa shape index (κ2) is 10.9. The quantitative estimate of drug-likeness (QED) is 0.325. The van der Waals surface area contributed by atoms with Gasteiger partial charge in [0.2, 0.25) is 0 Å². The predicted octanol–water partition coefficient (Wildman–Crippen LogP) is -1.08. The molecule has 0 aromatic heterocycles. The third-order valence-electron chi connectivity index (χ3n) is 0. The minimum Gasteiger partial charge on any atom is -0.328 e. The molecule has 0 aliphatic rings. The summed E-state index contributed by atoms with van der Waals surface area (Å²) in [5.74, 6) is 0. The zero-order chi connectivity index (χ0) is 7.15. The van der Waals surface area contributed by atoms with Gasteiger partial charge in [-0.05, 0) is 0 Å². The van der Waals surface area contributed by atoms with Crippen LogP contribution in [0.5, 0.6) is 0 Å². The zero-order valence-electron chi connectivity index (χ0n) is 4.13. The van der Waals surface area contributed by atoms with E-state index in [0.29, 0.717) is 0 Å². The molecule has 0 aliphatic carbocycles. The monoisotopic (exact) mass is 264 g/mol. The van der Waals surface area contributed by atoms with Crippen molar-refractivity contribution in [3.8, 4) is 0 Å². The van der Waals surface area contributed by atoms with Crippen molar-refractivity contribution in [2.24, 2.45) is 0 Å². The zero-order valence-corrected chi connectivity index (χ0v) is 8.57. The van der Waals surface area contributed by atoms with Crippen LogP contribution in [0.2, 0.25) is 0 Å². The Kier molecular flexibility index (Phi) is 19.3. The Bertz CT molecular complexity index is 69.1. The molecule has 9 heteroatoms. The van der Waals surface area contributed by atoms with E-state index in [1.54, 1.807) is 0 Å². The van der Waals surface area contributed by atoms with Crippen molar-refractivity contribution in [1.29, 1.82) is 0 Å².